The van der Waals surface area contributed by atoms with Gasteiger partial charge in [0.2, 0.25) is 0 Å². The Labute approximate surface area is 123 Å². The van der Waals surface area contributed by atoms with Crippen LogP contribution in [0.4, 0.5) is 0 Å². The van der Waals surface area contributed by atoms with Gasteiger partial charge < -0.3 is 5.32 Å². The van der Waals surface area contributed by atoms with Gasteiger partial charge in [-0.25, -0.2) is 0 Å². The minimum Gasteiger partial charge on any atom is -0.316 e. The summed E-state index contributed by atoms with van der Waals surface area (Å²) in [5.74, 6) is 0.488. The molecule has 1 aromatic rings. The van der Waals surface area contributed by atoms with Gasteiger partial charge >= 0.3 is 0 Å². The van der Waals surface area contributed by atoms with Crippen molar-refractivity contribution in [2.24, 2.45) is 5.41 Å². The summed E-state index contributed by atoms with van der Waals surface area (Å²) >= 11 is 0. The molecule has 1 saturated heterocycles. The Morgan fingerprint density at radius 1 is 1.30 bits per heavy atom. The number of carbonyl (C=O) groups is 1. The van der Waals surface area contributed by atoms with E-state index in [0.717, 1.165) is 58.0 Å². The van der Waals surface area contributed by atoms with Crippen LogP contribution in [-0.4, -0.2) is 18.9 Å². The van der Waals surface area contributed by atoms with Gasteiger partial charge in [-0.05, 0) is 44.2 Å². The number of Topliss-reactive ketones (excluding diaryl/α,β-unsaturated/α-hetero) is 1. The summed E-state index contributed by atoms with van der Waals surface area (Å²) in [6.07, 6.45) is 7.10. The van der Waals surface area contributed by atoms with Crippen molar-refractivity contribution >= 4 is 5.78 Å². The Hall–Kier alpha value is -1.15. The molecule has 0 bridgehead atoms. The highest BCUT2D eigenvalue weighted by Gasteiger charge is 2.37. The number of ketones is 1. The van der Waals surface area contributed by atoms with Gasteiger partial charge in [0, 0.05) is 18.4 Å². The summed E-state index contributed by atoms with van der Waals surface area (Å²) < 4.78 is 0. The first-order valence-electron chi connectivity index (χ1n) is 8.05. The predicted molar refractivity (Wildman–Crippen MR) is 83.8 cm³/mol. The van der Waals surface area contributed by atoms with Crippen LogP contribution >= 0.6 is 0 Å². The third-order valence-corrected chi connectivity index (χ3v) is 4.50. The van der Waals surface area contributed by atoms with Crippen LogP contribution in [0.15, 0.2) is 30.3 Å². The second-order valence-electron chi connectivity index (χ2n) is 6.07. The van der Waals surface area contributed by atoms with Gasteiger partial charge in [-0.1, -0.05) is 43.7 Å². The van der Waals surface area contributed by atoms with Crippen molar-refractivity contribution < 1.29 is 4.79 Å². The molecule has 1 heterocycles. The van der Waals surface area contributed by atoms with Crippen LogP contribution in [0.5, 0.6) is 0 Å². The zero-order chi connectivity index (χ0) is 14.3. The van der Waals surface area contributed by atoms with E-state index in [1.807, 2.05) is 6.07 Å². The van der Waals surface area contributed by atoms with Crippen LogP contribution in [0.25, 0.3) is 0 Å². The summed E-state index contributed by atoms with van der Waals surface area (Å²) in [4.78, 5) is 12.7. The van der Waals surface area contributed by atoms with Crippen molar-refractivity contribution in [2.75, 3.05) is 13.1 Å². The lowest BCUT2D eigenvalue weighted by Crippen LogP contribution is -2.45. The van der Waals surface area contributed by atoms with Crippen LogP contribution < -0.4 is 5.32 Å². The summed E-state index contributed by atoms with van der Waals surface area (Å²) in [6, 6.07) is 10.5. The quantitative estimate of drug-likeness (QED) is 0.820. The molecule has 0 aliphatic carbocycles. The van der Waals surface area contributed by atoms with Crippen LogP contribution in [0.1, 0.15) is 51.0 Å². The number of aryl methyl sites for hydroxylation is 1. The fourth-order valence-corrected chi connectivity index (χ4v) is 3.40. The molecule has 1 aliphatic heterocycles. The Bertz CT molecular complexity index is 401. The van der Waals surface area contributed by atoms with Crippen LogP contribution in [-0.2, 0) is 11.2 Å². The number of hydrogen-bond acceptors (Lipinski definition) is 2. The number of hydrogen-bond donors (Lipinski definition) is 1. The summed E-state index contributed by atoms with van der Waals surface area (Å²) in [6.45, 7) is 4.15. The molecule has 1 N–H and O–H groups in total. The van der Waals surface area contributed by atoms with Crippen molar-refractivity contribution in [2.45, 2.75) is 51.9 Å². The maximum atomic E-state index is 12.7. The molecule has 1 fully saturated rings. The predicted octanol–water partition coefficient (Wildman–Crippen LogP) is 3.75. The van der Waals surface area contributed by atoms with Gasteiger partial charge in [0.25, 0.3) is 0 Å². The number of carbonyl (C=O) groups excluding carboxylic acids is 1. The highest BCUT2D eigenvalue weighted by molar-refractivity contribution is 5.85. The Balaban J connectivity index is 1.85. The first-order valence-corrected chi connectivity index (χ1v) is 8.05. The Kier molecular flexibility index (Phi) is 5.78. The average Bonchev–Trinajstić information content (AvgIpc) is 2.49. The second-order valence-corrected chi connectivity index (χ2v) is 6.07. The van der Waals surface area contributed by atoms with Gasteiger partial charge in [0.05, 0.1) is 0 Å². The fraction of sp³-hybridized carbons (Fsp3) is 0.611. The van der Waals surface area contributed by atoms with Gasteiger partial charge in [0.1, 0.15) is 5.78 Å². The van der Waals surface area contributed by atoms with E-state index in [0.29, 0.717) is 5.78 Å². The molecule has 110 valence electrons. The van der Waals surface area contributed by atoms with Crippen LogP contribution in [0.3, 0.4) is 0 Å². The minimum atomic E-state index is -0.0658. The smallest absolute Gasteiger partial charge is 0.140 e. The zero-order valence-electron chi connectivity index (χ0n) is 12.7. The van der Waals surface area contributed by atoms with E-state index >= 15 is 0 Å². The maximum absolute atomic E-state index is 12.7. The highest BCUT2D eigenvalue weighted by Crippen LogP contribution is 2.34. The van der Waals surface area contributed by atoms with Crippen molar-refractivity contribution in [3.8, 4) is 0 Å². The van der Waals surface area contributed by atoms with E-state index < -0.39 is 0 Å². The van der Waals surface area contributed by atoms with Gasteiger partial charge in [-0.15, -0.1) is 0 Å². The third kappa shape index (κ3) is 3.92. The third-order valence-electron chi connectivity index (χ3n) is 4.50. The molecule has 1 atom stereocenters. The lowest BCUT2D eigenvalue weighted by Gasteiger charge is -2.36. The van der Waals surface area contributed by atoms with Gasteiger partial charge in [-0.2, -0.15) is 0 Å². The first kappa shape index (κ1) is 15.2. The molecule has 0 saturated carbocycles. The normalized spacial score (nSPS) is 22.6. The lowest BCUT2D eigenvalue weighted by atomic mass is 9.72. The Morgan fingerprint density at radius 2 is 2.10 bits per heavy atom. The average molecular weight is 273 g/mol. The lowest BCUT2D eigenvalue weighted by molar-refractivity contribution is -0.130. The highest BCUT2D eigenvalue weighted by atomic mass is 16.1. The molecule has 1 unspecified atom stereocenters. The summed E-state index contributed by atoms with van der Waals surface area (Å²) in [5, 5.41) is 3.43. The largest absolute Gasteiger partial charge is 0.316 e. The standard InChI is InChI=1S/C18H27NO/c1-2-12-18(13-7-14-19-15-18)17(20)11-6-10-16-8-4-3-5-9-16/h3-5,8-9,19H,2,6-7,10-15H2,1H3. The van der Waals surface area contributed by atoms with E-state index in [4.69, 9.17) is 0 Å². The van der Waals surface area contributed by atoms with Crippen molar-refractivity contribution in [1.29, 1.82) is 0 Å². The molecule has 20 heavy (non-hydrogen) atoms. The van der Waals surface area contributed by atoms with Gasteiger partial charge in [-0.3, -0.25) is 4.79 Å². The molecule has 1 aliphatic rings. The van der Waals surface area contributed by atoms with E-state index in [9.17, 15) is 4.79 Å². The first-order chi connectivity index (χ1) is 9.77. The summed E-state index contributed by atoms with van der Waals surface area (Å²) in [7, 11) is 0. The van der Waals surface area contributed by atoms with Crippen molar-refractivity contribution in [3.63, 3.8) is 0 Å². The molecule has 0 radical (unpaired) electrons. The molecule has 1 aromatic carbocycles. The van der Waals surface area contributed by atoms with Crippen molar-refractivity contribution in [1.82, 2.24) is 5.32 Å². The van der Waals surface area contributed by atoms with Crippen LogP contribution in [0.2, 0.25) is 0 Å². The SMILES string of the molecule is CCCC1(C(=O)CCCc2ccccc2)CCCNC1. The second kappa shape index (κ2) is 7.58. The molecule has 2 rings (SSSR count). The topological polar surface area (TPSA) is 29.1 Å². The zero-order valence-corrected chi connectivity index (χ0v) is 12.7. The van der Waals surface area contributed by atoms with E-state index in [1.54, 1.807) is 0 Å². The molecule has 0 aromatic heterocycles. The molecule has 0 amide bonds. The number of nitrogens with one attached hydrogen (secondary N) is 1. The van der Waals surface area contributed by atoms with E-state index in [2.05, 4.69) is 36.5 Å². The number of benzene rings is 1. The molecule has 2 nitrogen and oxygen atoms in total. The molecule has 2 heteroatoms. The fourth-order valence-electron chi connectivity index (χ4n) is 3.40. The maximum Gasteiger partial charge on any atom is 0.140 e. The summed E-state index contributed by atoms with van der Waals surface area (Å²) in [5.41, 5.74) is 1.27. The molecular weight excluding hydrogens is 246 g/mol. The van der Waals surface area contributed by atoms with Gasteiger partial charge in [0.15, 0.2) is 0 Å². The van der Waals surface area contributed by atoms with Crippen molar-refractivity contribution in [3.05, 3.63) is 35.9 Å². The number of rotatable bonds is 7. The minimum absolute atomic E-state index is 0.0658. The van der Waals surface area contributed by atoms with E-state index in [-0.39, 0.29) is 5.41 Å². The molecular formula is C18H27NO. The van der Waals surface area contributed by atoms with E-state index in [1.165, 1.54) is 5.56 Å². The molecule has 0 spiro atoms. The Morgan fingerprint density at radius 3 is 2.75 bits per heavy atom. The monoisotopic (exact) mass is 273 g/mol. The van der Waals surface area contributed by atoms with Crippen LogP contribution in [0, 0.1) is 5.41 Å². The number of piperidine rings is 1.